The molecule has 64 valence electrons. The minimum Gasteiger partial charge on any atom is -0.343 e. The van der Waals surface area contributed by atoms with Gasteiger partial charge in [-0.25, -0.2) is 0 Å². The molecule has 1 aliphatic rings. The second-order valence-corrected chi connectivity index (χ2v) is 3.54. The van der Waals surface area contributed by atoms with Gasteiger partial charge in [-0.1, -0.05) is 6.92 Å². The Morgan fingerprint density at radius 2 is 1.82 bits per heavy atom. The van der Waals surface area contributed by atoms with Gasteiger partial charge in [0.2, 0.25) is 5.91 Å². The summed E-state index contributed by atoms with van der Waals surface area (Å²) in [7, 11) is 0. The average Bonchev–Trinajstić information content (AvgIpc) is 2.72. The van der Waals surface area contributed by atoms with Gasteiger partial charge in [-0.2, -0.15) is 0 Å². The Hall–Kier alpha value is -0.530. The minimum absolute atomic E-state index is 0.0199. The topological polar surface area (TPSA) is 20.3 Å². The number of amides is 1. The molecule has 1 rings (SSSR count). The van der Waals surface area contributed by atoms with Gasteiger partial charge in [0.25, 0.3) is 0 Å². The lowest BCUT2D eigenvalue weighted by Gasteiger charge is -2.22. The number of carbonyl (C=O) groups is 1. The first-order valence-electron chi connectivity index (χ1n) is 4.43. The van der Waals surface area contributed by atoms with Crippen LogP contribution in [0.4, 0.5) is 0 Å². The second-order valence-electron chi connectivity index (χ2n) is 3.54. The van der Waals surface area contributed by atoms with E-state index in [0.717, 1.165) is 25.9 Å². The number of hydrogen-bond donors (Lipinski definition) is 0. The minimum atomic E-state index is 0.0199. The maximum absolute atomic E-state index is 11.6. The zero-order valence-corrected chi connectivity index (χ0v) is 7.68. The molecule has 1 fully saturated rings. The van der Waals surface area contributed by atoms with Crippen LogP contribution in [0.1, 0.15) is 33.6 Å². The molecule has 0 radical (unpaired) electrons. The van der Waals surface area contributed by atoms with E-state index in [2.05, 4.69) is 6.92 Å². The molecular formula is C9H17NO. The highest BCUT2D eigenvalue weighted by Crippen LogP contribution is 2.46. The standard InChI is InChI=1S/C9H17NO/c1-4-10(5-2)8(11)9(3)6-7-9/h4-7H2,1-3H3. The third kappa shape index (κ3) is 1.55. The van der Waals surface area contributed by atoms with Gasteiger partial charge in [-0.3, -0.25) is 4.79 Å². The van der Waals surface area contributed by atoms with Crippen LogP contribution in [0.15, 0.2) is 0 Å². The SMILES string of the molecule is CCN(CC)C(=O)C1(C)CC1. The first-order chi connectivity index (χ1) is 5.14. The summed E-state index contributed by atoms with van der Waals surface area (Å²) in [5, 5.41) is 0. The Bertz CT molecular complexity index is 157. The highest BCUT2D eigenvalue weighted by molar-refractivity contribution is 5.84. The molecular weight excluding hydrogens is 138 g/mol. The number of rotatable bonds is 3. The summed E-state index contributed by atoms with van der Waals surface area (Å²) in [4.78, 5) is 13.5. The largest absolute Gasteiger partial charge is 0.343 e. The zero-order valence-electron chi connectivity index (χ0n) is 7.68. The summed E-state index contributed by atoms with van der Waals surface area (Å²) < 4.78 is 0. The Morgan fingerprint density at radius 3 is 2.09 bits per heavy atom. The van der Waals surface area contributed by atoms with Crippen LogP contribution in [-0.2, 0) is 4.79 Å². The van der Waals surface area contributed by atoms with Crippen LogP contribution in [0.3, 0.4) is 0 Å². The highest BCUT2D eigenvalue weighted by atomic mass is 16.2. The van der Waals surface area contributed by atoms with Crippen molar-refractivity contribution in [3.63, 3.8) is 0 Å². The van der Waals surface area contributed by atoms with Crippen molar-refractivity contribution in [2.75, 3.05) is 13.1 Å². The first-order valence-corrected chi connectivity index (χ1v) is 4.43. The lowest BCUT2D eigenvalue weighted by Crippen LogP contribution is -2.35. The fourth-order valence-corrected chi connectivity index (χ4v) is 1.29. The van der Waals surface area contributed by atoms with Crippen LogP contribution < -0.4 is 0 Å². The molecule has 2 heteroatoms. The molecule has 0 atom stereocenters. The zero-order chi connectivity index (χ0) is 8.48. The average molecular weight is 155 g/mol. The van der Waals surface area contributed by atoms with E-state index in [0.29, 0.717) is 5.91 Å². The van der Waals surface area contributed by atoms with Crippen LogP contribution in [0, 0.1) is 5.41 Å². The molecule has 0 aliphatic heterocycles. The Balaban J connectivity index is 2.51. The molecule has 2 nitrogen and oxygen atoms in total. The number of hydrogen-bond acceptors (Lipinski definition) is 1. The van der Waals surface area contributed by atoms with Crippen molar-refractivity contribution in [2.45, 2.75) is 33.6 Å². The predicted octanol–water partition coefficient (Wildman–Crippen LogP) is 1.65. The first kappa shape index (κ1) is 8.57. The summed E-state index contributed by atoms with van der Waals surface area (Å²) in [6.45, 7) is 7.84. The normalized spacial score (nSPS) is 19.5. The van der Waals surface area contributed by atoms with Gasteiger partial charge in [0.05, 0.1) is 0 Å². The van der Waals surface area contributed by atoms with Crippen LogP contribution in [-0.4, -0.2) is 23.9 Å². The van der Waals surface area contributed by atoms with Gasteiger partial charge < -0.3 is 4.90 Å². The molecule has 0 N–H and O–H groups in total. The van der Waals surface area contributed by atoms with Gasteiger partial charge >= 0.3 is 0 Å². The van der Waals surface area contributed by atoms with Crippen LogP contribution >= 0.6 is 0 Å². The summed E-state index contributed by atoms with van der Waals surface area (Å²) in [6, 6.07) is 0. The Morgan fingerprint density at radius 1 is 1.36 bits per heavy atom. The summed E-state index contributed by atoms with van der Waals surface area (Å²) in [5.41, 5.74) is 0.0199. The molecule has 0 heterocycles. The maximum Gasteiger partial charge on any atom is 0.228 e. The van der Waals surface area contributed by atoms with Crippen LogP contribution in [0.25, 0.3) is 0 Å². The van der Waals surface area contributed by atoms with Gasteiger partial charge in [0.1, 0.15) is 0 Å². The van der Waals surface area contributed by atoms with E-state index in [1.165, 1.54) is 0 Å². The van der Waals surface area contributed by atoms with Gasteiger partial charge in [-0.15, -0.1) is 0 Å². The molecule has 0 aromatic rings. The van der Waals surface area contributed by atoms with Crippen LogP contribution in [0.5, 0.6) is 0 Å². The monoisotopic (exact) mass is 155 g/mol. The van der Waals surface area contributed by atoms with Crippen molar-refractivity contribution in [1.82, 2.24) is 4.90 Å². The highest BCUT2D eigenvalue weighted by Gasteiger charge is 2.46. The van der Waals surface area contributed by atoms with Gasteiger partial charge in [-0.05, 0) is 26.7 Å². The van der Waals surface area contributed by atoms with Gasteiger partial charge in [0, 0.05) is 18.5 Å². The smallest absolute Gasteiger partial charge is 0.228 e. The van der Waals surface area contributed by atoms with Gasteiger partial charge in [0.15, 0.2) is 0 Å². The second kappa shape index (κ2) is 2.84. The fraction of sp³-hybridized carbons (Fsp3) is 0.889. The van der Waals surface area contributed by atoms with Crippen molar-refractivity contribution in [2.24, 2.45) is 5.41 Å². The van der Waals surface area contributed by atoms with Crippen molar-refractivity contribution in [1.29, 1.82) is 0 Å². The quantitative estimate of drug-likeness (QED) is 0.607. The molecule has 0 spiro atoms. The number of carbonyl (C=O) groups excluding carboxylic acids is 1. The van der Waals surface area contributed by atoms with Crippen molar-refractivity contribution in [3.05, 3.63) is 0 Å². The third-order valence-electron chi connectivity index (χ3n) is 2.57. The lowest BCUT2D eigenvalue weighted by atomic mass is 10.1. The predicted molar refractivity (Wildman–Crippen MR) is 45.3 cm³/mol. The van der Waals surface area contributed by atoms with E-state index in [4.69, 9.17) is 0 Å². The molecule has 1 amide bonds. The summed E-state index contributed by atoms with van der Waals surface area (Å²) >= 11 is 0. The number of nitrogens with zero attached hydrogens (tertiary/aromatic N) is 1. The van der Waals surface area contributed by atoms with Crippen LogP contribution in [0.2, 0.25) is 0 Å². The third-order valence-corrected chi connectivity index (χ3v) is 2.57. The summed E-state index contributed by atoms with van der Waals surface area (Å²) in [6.07, 6.45) is 2.17. The molecule has 11 heavy (non-hydrogen) atoms. The molecule has 0 aromatic carbocycles. The van der Waals surface area contributed by atoms with E-state index >= 15 is 0 Å². The molecule has 0 saturated heterocycles. The maximum atomic E-state index is 11.6. The Kier molecular flexibility index (Phi) is 2.21. The molecule has 1 aliphatic carbocycles. The molecule has 0 unspecified atom stereocenters. The summed E-state index contributed by atoms with van der Waals surface area (Å²) in [5.74, 6) is 0.350. The van der Waals surface area contributed by atoms with Crippen molar-refractivity contribution in [3.8, 4) is 0 Å². The van der Waals surface area contributed by atoms with E-state index < -0.39 is 0 Å². The van der Waals surface area contributed by atoms with Crippen molar-refractivity contribution >= 4 is 5.91 Å². The fourth-order valence-electron chi connectivity index (χ4n) is 1.29. The van der Waals surface area contributed by atoms with E-state index in [9.17, 15) is 4.79 Å². The lowest BCUT2D eigenvalue weighted by molar-refractivity contribution is -0.135. The van der Waals surface area contributed by atoms with E-state index in [1.54, 1.807) is 0 Å². The molecule has 1 saturated carbocycles. The molecule has 0 bridgehead atoms. The van der Waals surface area contributed by atoms with E-state index in [-0.39, 0.29) is 5.41 Å². The van der Waals surface area contributed by atoms with Crippen molar-refractivity contribution < 1.29 is 4.79 Å². The molecule has 0 aromatic heterocycles. The Labute approximate surface area is 68.6 Å². The van der Waals surface area contributed by atoms with E-state index in [1.807, 2.05) is 18.7 Å².